The number of halogens is 1. The predicted molar refractivity (Wildman–Crippen MR) is 83.9 cm³/mol. The maximum Gasteiger partial charge on any atom is 0.215 e. The second kappa shape index (κ2) is 7.41. The van der Waals surface area contributed by atoms with Crippen molar-refractivity contribution >= 4 is 26.0 Å². The second-order valence-corrected chi connectivity index (χ2v) is 8.12. The molecule has 0 atom stereocenters. The Balaban J connectivity index is 2.51. The van der Waals surface area contributed by atoms with Crippen LogP contribution in [0.4, 0.5) is 0 Å². The number of benzene rings is 1. The molecule has 0 aliphatic carbocycles. The lowest BCUT2D eigenvalue weighted by molar-refractivity contribution is 0.332. The van der Waals surface area contributed by atoms with Crippen LogP contribution >= 0.6 is 15.9 Å². The minimum absolute atomic E-state index is 0.0163. The first-order chi connectivity index (χ1) is 8.85. The minimum Gasteiger partial charge on any atom is -0.214 e. The van der Waals surface area contributed by atoms with Gasteiger partial charge in [-0.1, -0.05) is 60.1 Å². The van der Waals surface area contributed by atoms with E-state index in [0.29, 0.717) is 6.54 Å². The van der Waals surface area contributed by atoms with Crippen LogP contribution in [-0.4, -0.2) is 20.3 Å². The van der Waals surface area contributed by atoms with E-state index in [-0.39, 0.29) is 11.2 Å². The van der Waals surface area contributed by atoms with Gasteiger partial charge in [-0.15, -0.1) is 0 Å². The van der Waals surface area contributed by atoms with E-state index in [9.17, 15) is 8.42 Å². The highest BCUT2D eigenvalue weighted by atomic mass is 79.9. The van der Waals surface area contributed by atoms with Crippen LogP contribution in [0.3, 0.4) is 0 Å². The van der Waals surface area contributed by atoms with Gasteiger partial charge < -0.3 is 0 Å². The maximum absolute atomic E-state index is 12.0. The summed E-state index contributed by atoms with van der Waals surface area (Å²) in [5.41, 5.74) is 0.797. The molecule has 19 heavy (non-hydrogen) atoms. The van der Waals surface area contributed by atoms with Crippen molar-refractivity contribution in [2.45, 2.75) is 32.4 Å². The zero-order chi connectivity index (χ0) is 14.4. The van der Waals surface area contributed by atoms with Crippen molar-refractivity contribution in [1.29, 1.82) is 0 Å². The third-order valence-electron chi connectivity index (χ3n) is 2.96. The van der Waals surface area contributed by atoms with Crippen LogP contribution in [0.5, 0.6) is 0 Å². The van der Waals surface area contributed by atoms with E-state index in [4.69, 9.17) is 0 Å². The molecule has 1 rings (SSSR count). The Morgan fingerprint density at radius 1 is 1.21 bits per heavy atom. The molecule has 0 fully saturated rings. The molecule has 0 amide bonds. The lowest BCUT2D eigenvalue weighted by Crippen LogP contribution is -2.34. The van der Waals surface area contributed by atoms with E-state index < -0.39 is 10.0 Å². The molecule has 0 bridgehead atoms. The zero-order valence-corrected chi connectivity index (χ0v) is 13.9. The fraction of sp³-hybridized carbons (Fsp3) is 0.571. The van der Waals surface area contributed by atoms with E-state index in [0.717, 1.165) is 23.7 Å². The van der Waals surface area contributed by atoms with Crippen molar-refractivity contribution < 1.29 is 8.42 Å². The van der Waals surface area contributed by atoms with Gasteiger partial charge in [0.1, 0.15) is 0 Å². The molecule has 5 heteroatoms. The Kier molecular flexibility index (Phi) is 6.50. The third kappa shape index (κ3) is 7.09. The number of sulfonamides is 1. The molecule has 0 spiro atoms. The summed E-state index contributed by atoms with van der Waals surface area (Å²) in [5.74, 6) is 0.0440. The van der Waals surface area contributed by atoms with Crippen LogP contribution in [0.2, 0.25) is 0 Å². The molecule has 0 aliphatic heterocycles. The molecule has 108 valence electrons. The SMILES string of the molecule is CC(C)(CCCBr)CNS(=O)(=O)Cc1ccccc1. The first-order valence-electron chi connectivity index (χ1n) is 6.42. The van der Waals surface area contributed by atoms with Gasteiger partial charge in [-0.3, -0.25) is 0 Å². The van der Waals surface area contributed by atoms with Gasteiger partial charge in [0.05, 0.1) is 5.75 Å². The molecule has 0 heterocycles. The van der Waals surface area contributed by atoms with Crippen LogP contribution in [-0.2, 0) is 15.8 Å². The largest absolute Gasteiger partial charge is 0.215 e. The Bertz CT molecular complexity index is 471. The van der Waals surface area contributed by atoms with Gasteiger partial charge in [0.2, 0.25) is 10.0 Å². The van der Waals surface area contributed by atoms with Crippen molar-refractivity contribution in [3.63, 3.8) is 0 Å². The van der Waals surface area contributed by atoms with Crippen LogP contribution in [0.15, 0.2) is 30.3 Å². The average molecular weight is 348 g/mol. The highest BCUT2D eigenvalue weighted by molar-refractivity contribution is 9.09. The first-order valence-corrected chi connectivity index (χ1v) is 9.19. The van der Waals surface area contributed by atoms with Gasteiger partial charge in [0.25, 0.3) is 0 Å². The van der Waals surface area contributed by atoms with E-state index >= 15 is 0 Å². The Hall–Kier alpha value is -0.390. The van der Waals surface area contributed by atoms with Crippen LogP contribution < -0.4 is 4.72 Å². The molecule has 0 aromatic heterocycles. The van der Waals surface area contributed by atoms with Crippen molar-refractivity contribution in [3.05, 3.63) is 35.9 Å². The van der Waals surface area contributed by atoms with Crippen LogP contribution in [0.1, 0.15) is 32.3 Å². The summed E-state index contributed by atoms with van der Waals surface area (Å²) in [6.07, 6.45) is 2.04. The Labute approximate surface area is 125 Å². The van der Waals surface area contributed by atoms with Crippen molar-refractivity contribution in [2.75, 3.05) is 11.9 Å². The predicted octanol–water partition coefficient (Wildman–Crippen LogP) is 3.31. The molecule has 1 N–H and O–H groups in total. The Morgan fingerprint density at radius 3 is 2.42 bits per heavy atom. The monoisotopic (exact) mass is 347 g/mol. The van der Waals surface area contributed by atoms with Crippen molar-refractivity contribution in [1.82, 2.24) is 4.72 Å². The van der Waals surface area contributed by atoms with Gasteiger partial charge in [0.15, 0.2) is 0 Å². The summed E-state index contributed by atoms with van der Waals surface area (Å²) in [5, 5.41) is 0.952. The highest BCUT2D eigenvalue weighted by Crippen LogP contribution is 2.22. The molecular formula is C14H22BrNO2S. The molecule has 0 aliphatic rings. The van der Waals surface area contributed by atoms with Crippen LogP contribution in [0, 0.1) is 5.41 Å². The highest BCUT2D eigenvalue weighted by Gasteiger charge is 2.20. The summed E-state index contributed by atoms with van der Waals surface area (Å²) in [6, 6.07) is 9.24. The van der Waals surface area contributed by atoms with Crippen molar-refractivity contribution in [2.24, 2.45) is 5.41 Å². The first kappa shape index (κ1) is 16.7. The van der Waals surface area contributed by atoms with Gasteiger partial charge >= 0.3 is 0 Å². The summed E-state index contributed by atoms with van der Waals surface area (Å²) in [7, 11) is -3.25. The number of hydrogen-bond acceptors (Lipinski definition) is 2. The zero-order valence-electron chi connectivity index (χ0n) is 11.5. The molecule has 0 unspecified atom stereocenters. The van der Waals surface area contributed by atoms with Gasteiger partial charge in [0, 0.05) is 11.9 Å². The standard InChI is InChI=1S/C14H22BrNO2S/c1-14(2,9-6-10-15)12-16-19(17,18)11-13-7-4-3-5-8-13/h3-5,7-8,16H,6,9-12H2,1-2H3. The number of alkyl halides is 1. The quantitative estimate of drug-likeness (QED) is 0.733. The number of rotatable bonds is 8. The smallest absolute Gasteiger partial charge is 0.214 e. The lowest BCUT2D eigenvalue weighted by atomic mass is 9.88. The second-order valence-electron chi connectivity index (χ2n) is 5.52. The molecule has 3 nitrogen and oxygen atoms in total. The summed E-state index contributed by atoms with van der Waals surface area (Å²) in [4.78, 5) is 0. The van der Waals surface area contributed by atoms with Gasteiger partial charge in [-0.25, -0.2) is 13.1 Å². The topological polar surface area (TPSA) is 46.2 Å². The number of hydrogen-bond donors (Lipinski definition) is 1. The average Bonchev–Trinajstić information content (AvgIpc) is 2.35. The molecule has 1 aromatic rings. The lowest BCUT2D eigenvalue weighted by Gasteiger charge is -2.24. The molecule has 0 radical (unpaired) electrons. The Morgan fingerprint density at radius 2 is 1.84 bits per heavy atom. The maximum atomic E-state index is 12.0. The van der Waals surface area contributed by atoms with E-state index in [2.05, 4.69) is 34.5 Å². The summed E-state index contributed by atoms with van der Waals surface area (Å²) < 4.78 is 26.7. The molecular weight excluding hydrogens is 326 g/mol. The molecule has 1 aromatic carbocycles. The summed E-state index contributed by atoms with van der Waals surface area (Å²) in [6.45, 7) is 4.65. The minimum atomic E-state index is -3.25. The van der Waals surface area contributed by atoms with Gasteiger partial charge in [-0.05, 0) is 23.8 Å². The van der Waals surface area contributed by atoms with E-state index in [1.165, 1.54) is 0 Å². The molecule has 0 saturated heterocycles. The third-order valence-corrected chi connectivity index (χ3v) is 4.82. The number of nitrogens with one attached hydrogen (secondary N) is 1. The molecule has 0 saturated carbocycles. The van der Waals surface area contributed by atoms with Crippen LogP contribution in [0.25, 0.3) is 0 Å². The summed E-state index contributed by atoms with van der Waals surface area (Å²) >= 11 is 3.40. The fourth-order valence-electron chi connectivity index (χ4n) is 1.78. The van der Waals surface area contributed by atoms with E-state index in [1.807, 2.05) is 30.3 Å². The fourth-order valence-corrected chi connectivity index (χ4v) is 3.41. The normalized spacial score (nSPS) is 12.6. The van der Waals surface area contributed by atoms with E-state index in [1.54, 1.807) is 0 Å². The van der Waals surface area contributed by atoms with Crippen molar-refractivity contribution in [3.8, 4) is 0 Å². The van der Waals surface area contributed by atoms with Gasteiger partial charge in [-0.2, -0.15) is 0 Å².